The van der Waals surface area contributed by atoms with Gasteiger partial charge in [0.1, 0.15) is 12.1 Å². The van der Waals surface area contributed by atoms with E-state index in [1.54, 1.807) is 6.33 Å². The standard InChI is InChI=1S/C23H26N4.2ClH/c1-23(18-8-4-2-5-9-18,19-10-6-3-7-11-19)15-25-22-14-21(26-16-27-22)17-12-20(24)13-17;;/h2-11,14,16-17,20H,12-13,15,24H2,1H3,(H,25,26,27);2*1H. The van der Waals surface area contributed by atoms with Crippen LogP contribution >= 0.6 is 24.8 Å². The van der Waals surface area contributed by atoms with Gasteiger partial charge >= 0.3 is 0 Å². The van der Waals surface area contributed by atoms with Crippen molar-refractivity contribution in [1.29, 1.82) is 0 Å². The van der Waals surface area contributed by atoms with Crippen LogP contribution in [0.15, 0.2) is 73.1 Å². The number of anilines is 1. The van der Waals surface area contributed by atoms with E-state index in [0.717, 1.165) is 30.9 Å². The first-order chi connectivity index (χ1) is 13.1. The molecule has 0 bridgehead atoms. The van der Waals surface area contributed by atoms with Gasteiger partial charge in [-0.05, 0) is 30.9 Å². The molecule has 2 aromatic carbocycles. The van der Waals surface area contributed by atoms with Gasteiger partial charge in [-0.25, -0.2) is 9.97 Å². The summed E-state index contributed by atoms with van der Waals surface area (Å²) in [5, 5.41) is 3.55. The predicted molar refractivity (Wildman–Crippen MR) is 124 cm³/mol. The highest BCUT2D eigenvalue weighted by Gasteiger charge is 2.30. The quantitative estimate of drug-likeness (QED) is 0.580. The van der Waals surface area contributed by atoms with Crippen molar-refractivity contribution in [1.82, 2.24) is 9.97 Å². The van der Waals surface area contributed by atoms with Crippen LogP contribution in [0.5, 0.6) is 0 Å². The summed E-state index contributed by atoms with van der Waals surface area (Å²) in [5.41, 5.74) is 9.42. The van der Waals surface area contributed by atoms with Crippen molar-refractivity contribution in [3.05, 3.63) is 89.9 Å². The monoisotopic (exact) mass is 430 g/mol. The fourth-order valence-corrected chi connectivity index (χ4v) is 3.85. The van der Waals surface area contributed by atoms with Crippen molar-refractivity contribution in [2.24, 2.45) is 5.73 Å². The van der Waals surface area contributed by atoms with Gasteiger partial charge in [0.25, 0.3) is 0 Å². The first-order valence-electron chi connectivity index (χ1n) is 9.57. The molecule has 0 atom stereocenters. The van der Waals surface area contributed by atoms with Crippen molar-refractivity contribution in [3.8, 4) is 0 Å². The number of aromatic nitrogens is 2. The van der Waals surface area contributed by atoms with E-state index in [9.17, 15) is 0 Å². The summed E-state index contributed by atoms with van der Waals surface area (Å²) in [4.78, 5) is 8.89. The highest BCUT2D eigenvalue weighted by Crippen LogP contribution is 2.35. The van der Waals surface area contributed by atoms with Crippen molar-refractivity contribution in [2.75, 3.05) is 11.9 Å². The number of nitrogens with zero attached hydrogens (tertiary/aromatic N) is 2. The Morgan fingerprint density at radius 1 is 0.931 bits per heavy atom. The molecule has 0 saturated heterocycles. The third kappa shape index (κ3) is 5.08. The molecule has 0 spiro atoms. The van der Waals surface area contributed by atoms with Crippen molar-refractivity contribution in [2.45, 2.75) is 37.1 Å². The van der Waals surface area contributed by atoms with Crippen LogP contribution in [-0.2, 0) is 5.41 Å². The molecule has 0 amide bonds. The van der Waals surface area contributed by atoms with Crippen molar-refractivity contribution >= 4 is 30.6 Å². The Balaban J connectivity index is 0.00000150. The number of nitrogens with two attached hydrogens (primary N) is 1. The third-order valence-electron chi connectivity index (χ3n) is 5.73. The molecular formula is C23H28Cl2N4. The molecule has 1 heterocycles. The molecule has 1 fully saturated rings. The van der Waals surface area contributed by atoms with Crippen molar-refractivity contribution < 1.29 is 0 Å². The summed E-state index contributed by atoms with van der Waals surface area (Å²) in [6, 6.07) is 23.7. The van der Waals surface area contributed by atoms with E-state index in [2.05, 4.69) is 88.9 Å². The topological polar surface area (TPSA) is 63.8 Å². The van der Waals surface area contributed by atoms with Crippen LogP contribution in [0, 0.1) is 0 Å². The Morgan fingerprint density at radius 3 is 2.00 bits per heavy atom. The summed E-state index contributed by atoms with van der Waals surface area (Å²) >= 11 is 0. The van der Waals surface area contributed by atoms with Gasteiger partial charge in [0, 0.05) is 35.7 Å². The molecule has 6 heteroatoms. The van der Waals surface area contributed by atoms with Crippen LogP contribution in [0.1, 0.15) is 42.5 Å². The van der Waals surface area contributed by atoms with Crippen LogP contribution in [0.3, 0.4) is 0 Å². The number of hydrogen-bond acceptors (Lipinski definition) is 4. The zero-order chi connectivity index (χ0) is 18.7. The second-order valence-corrected chi connectivity index (χ2v) is 7.67. The Labute approximate surface area is 185 Å². The van der Waals surface area contributed by atoms with E-state index in [0.29, 0.717) is 12.0 Å². The largest absolute Gasteiger partial charge is 0.369 e. The molecule has 0 unspecified atom stereocenters. The SMILES string of the molecule is CC(CNc1cc(C2CC(N)C2)ncn1)(c1ccccc1)c1ccccc1.Cl.Cl. The molecule has 1 aromatic heterocycles. The Hall–Kier alpha value is -2.14. The molecule has 4 rings (SSSR count). The van der Waals surface area contributed by atoms with Gasteiger partial charge in [0.15, 0.2) is 0 Å². The van der Waals surface area contributed by atoms with Gasteiger partial charge in [0.05, 0.1) is 0 Å². The number of halogens is 2. The number of hydrogen-bond donors (Lipinski definition) is 2. The zero-order valence-corrected chi connectivity index (χ0v) is 18.1. The van der Waals surface area contributed by atoms with E-state index >= 15 is 0 Å². The van der Waals surface area contributed by atoms with Crippen LogP contribution < -0.4 is 11.1 Å². The zero-order valence-electron chi connectivity index (χ0n) is 16.5. The summed E-state index contributed by atoms with van der Waals surface area (Å²) in [5.74, 6) is 1.34. The molecule has 4 nitrogen and oxygen atoms in total. The molecule has 3 N–H and O–H groups in total. The minimum absolute atomic E-state index is 0. The molecular weight excluding hydrogens is 403 g/mol. The Morgan fingerprint density at radius 2 is 1.48 bits per heavy atom. The summed E-state index contributed by atoms with van der Waals surface area (Å²) in [7, 11) is 0. The highest BCUT2D eigenvalue weighted by atomic mass is 35.5. The lowest BCUT2D eigenvalue weighted by molar-refractivity contribution is 0.345. The van der Waals surface area contributed by atoms with Crippen LogP contribution in [0.25, 0.3) is 0 Å². The van der Waals surface area contributed by atoms with Crippen molar-refractivity contribution in [3.63, 3.8) is 0 Å². The molecule has 0 aliphatic heterocycles. The van der Waals surface area contributed by atoms with Gasteiger partial charge in [0.2, 0.25) is 0 Å². The summed E-state index contributed by atoms with van der Waals surface area (Å²) in [6.45, 7) is 3.03. The van der Waals surface area contributed by atoms with Gasteiger partial charge in [-0.3, -0.25) is 0 Å². The molecule has 154 valence electrons. The Kier molecular flexibility index (Phi) is 8.03. The molecule has 0 radical (unpaired) electrons. The third-order valence-corrected chi connectivity index (χ3v) is 5.73. The van der Waals surface area contributed by atoms with Gasteiger partial charge < -0.3 is 11.1 Å². The lowest BCUT2D eigenvalue weighted by atomic mass is 9.76. The smallest absolute Gasteiger partial charge is 0.129 e. The highest BCUT2D eigenvalue weighted by molar-refractivity contribution is 5.85. The normalized spacial score (nSPS) is 18.0. The van der Waals surface area contributed by atoms with E-state index in [1.165, 1.54) is 11.1 Å². The first-order valence-corrected chi connectivity index (χ1v) is 9.57. The summed E-state index contributed by atoms with van der Waals surface area (Å²) in [6.07, 6.45) is 3.69. The molecule has 1 aliphatic rings. The summed E-state index contributed by atoms with van der Waals surface area (Å²) < 4.78 is 0. The maximum Gasteiger partial charge on any atom is 0.129 e. The molecule has 1 aliphatic carbocycles. The lowest BCUT2D eigenvalue weighted by Crippen LogP contribution is -2.35. The minimum Gasteiger partial charge on any atom is -0.369 e. The molecule has 3 aromatic rings. The predicted octanol–water partition coefficient (Wildman–Crippen LogP) is 4.94. The van der Waals surface area contributed by atoms with Crippen LogP contribution in [-0.4, -0.2) is 22.6 Å². The van der Waals surface area contributed by atoms with E-state index in [-0.39, 0.29) is 30.2 Å². The maximum atomic E-state index is 5.93. The fourth-order valence-electron chi connectivity index (χ4n) is 3.85. The average molecular weight is 431 g/mol. The Bertz CT molecular complexity index is 844. The second kappa shape index (κ2) is 10.1. The van der Waals surface area contributed by atoms with E-state index < -0.39 is 0 Å². The number of benzene rings is 2. The fraction of sp³-hybridized carbons (Fsp3) is 0.304. The molecule has 1 saturated carbocycles. The van der Waals surface area contributed by atoms with Crippen LogP contribution in [0.4, 0.5) is 5.82 Å². The van der Waals surface area contributed by atoms with Gasteiger partial charge in [-0.2, -0.15) is 0 Å². The lowest BCUT2D eigenvalue weighted by Gasteiger charge is -2.33. The van der Waals surface area contributed by atoms with E-state index in [4.69, 9.17) is 5.73 Å². The second-order valence-electron chi connectivity index (χ2n) is 7.67. The van der Waals surface area contributed by atoms with E-state index in [1.807, 2.05) is 0 Å². The minimum atomic E-state index is -0.160. The average Bonchev–Trinajstić information content (AvgIpc) is 2.71. The maximum absolute atomic E-state index is 5.93. The number of nitrogens with one attached hydrogen (secondary N) is 1. The molecule has 29 heavy (non-hydrogen) atoms. The van der Waals surface area contributed by atoms with Crippen LogP contribution in [0.2, 0.25) is 0 Å². The van der Waals surface area contributed by atoms with Gasteiger partial charge in [-0.15, -0.1) is 24.8 Å². The van der Waals surface area contributed by atoms with Gasteiger partial charge in [-0.1, -0.05) is 60.7 Å². The number of rotatable bonds is 6. The first kappa shape index (κ1) is 23.1.